The lowest BCUT2D eigenvalue weighted by Crippen LogP contribution is -2.02. The Bertz CT molecular complexity index is 604. The van der Waals surface area contributed by atoms with E-state index in [2.05, 4.69) is 5.32 Å². The molecule has 2 rings (SSSR count). The monoisotopic (exact) mass is 294 g/mol. The third kappa shape index (κ3) is 3.33. The molecule has 0 aromatic heterocycles. The maximum absolute atomic E-state index is 13.4. The molecule has 0 radical (unpaired) electrons. The minimum Gasteiger partial charge on any atom is -0.491 e. The standard InChI is InChI=1S/C15H16ClFN2O/c1-2-8-20-14-5-3-4-13(15(14)18)19-10-6-7-11(16)12(17)9-10/h3-7,9,19H,2,8,18H2,1H3. The summed E-state index contributed by atoms with van der Waals surface area (Å²) in [5.41, 5.74) is 7.77. The Morgan fingerprint density at radius 1 is 1.30 bits per heavy atom. The van der Waals surface area contributed by atoms with Gasteiger partial charge in [-0.1, -0.05) is 24.6 Å². The predicted molar refractivity (Wildman–Crippen MR) is 81.3 cm³/mol. The Balaban J connectivity index is 2.22. The van der Waals surface area contributed by atoms with Gasteiger partial charge in [-0.15, -0.1) is 0 Å². The van der Waals surface area contributed by atoms with Gasteiger partial charge in [0.2, 0.25) is 0 Å². The number of para-hydroxylation sites is 1. The largest absolute Gasteiger partial charge is 0.491 e. The molecular formula is C15H16ClFN2O. The molecular weight excluding hydrogens is 279 g/mol. The van der Waals surface area contributed by atoms with Gasteiger partial charge in [0.05, 0.1) is 23.0 Å². The van der Waals surface area contributed by atoms with Gasteiger partial charge in [0.15, 0.2) is 0 Å². The Morgan fingerprint density at radius 2 is 2.10 bits per heavy atom. The third-order valence-electron chi connectivity index (χ3n) is 2.73. The summed E-state index contributed by atoms with van der Waals surface area (Å²) in [6.45, 7) is 2.62. The van der Waals surface area contributed by atoms with Crippen LogP contribution in [0.2, 0.25) is 5.02 Å². The molecule has 5 heteroatoms. The van der Waals surface area contributed by atoms with E-state index in [0.717, 1.165) is 6.42 Å². The SMILES string of the molecule is CCCOc1cccc(Nc2ccc(Cl)c(F)c2)c1N. The summed E-state index contributed by atoms with van der Waals surface area (Å²) < 4.78 is 18.9. The second-order valence-electron chi connectivity index (χ2n) is 4.32. The summed E-state index contributed by atoms with van der Waals surface area (Å²) in [4.78, 5) is 0. The fourth-order valence-corrected chi connectivity index (χ4v) is 1.84. The van der Waals surface area contributed by atoms with Gasteiger partial charge >= 0.3 is 0 Å². The number of anilines is 3. The van der Waals surface area contributed by atoms with Crippen LogP contribution < -0.4 is 15.8 Å². The number of nitrogen functional groups attached to an aromatic ring is 1. The molecule has 3 nitrogen and oxygen atoms in total. The molecule has 0 aliphatic carbocycles. The molecule has 0 amide bonds. The molecule has 2 aromatic carbocycles. The highest BCUT2D eigenvalue weighted by Gasteiger charge is 2.07. The summed E-state index contributed by atoms with van der Waals surface area (Å²) in [5.74, 6) is 0.139. The van der Waals surface area contributed by atoms with Gasteiger partial charge in [0.1, 0.15) is 11.6 Å². The zero-order chi connectivity index (χ0) is 14.5. The first kappa shape index (κ1) is 14.5. The molecule has 0 atom stereocenters. The quantitative estimate of drug-likeness (QED) is 0.793. The highest BCUT2D eigenvalue weighted by molar-refractivity contribution is 6.30. The average molecular weight is 295 g/mol. The smallest absolute Gasteiger partial charge is 0.144 e. The Hall–Kier alpha value is -1.94. The Labute approximate surface area is 122 Å². The second kappa shape index (κ2) is 6.48. The maximum atomic E-state index is 13.4. The highest BCUT2D eigenvalue weighted by atomic mass is 35.5. The lowest BCUT2D eigenvalue weighted by Gasteiger charge is -2.13. The zero-order valence-electron chi connectivity index (χ0n) is 11.1. The number of ether oxygens (including phenoxy) is 1. The van der Waals surface area contributed by atoms with Crippen molar-refractivity contribution in [2.24, 2.45) is 0 Å². The van der Waals surface area contributed by atoms with Crippen LogP contribution >= 0.6 is 11.6 Å². The van der Waals surface area contributed by atoms with E-state index in [-0.39, 0.29) is 5.02 Å². The number of nitrogens with one attached hydrogen (secondary N) is 1. The topological polar surface area (TPSA) is 47.3 Å². The van der Waals surface area contributed by atoms with Crippen molar-refractivity contribution < 1.29 is 9.13 Å². The summed E-state index contributed by atoms with van der Waals surface area (Å²) in [5, 5.41) is 3.14. The van der Waals surface area contributed by atoms with Crippen LogP contribution in [0.4, 0.5) is 21.5 Å². The summed E-state index contributed by atoms with van der Waals surface area (Å²) in [6, 6.07) is 9.94. The van der Waals surface area contributed by atoms with E-state index in [1.54, 1.807) is 18.2 Å². The Kier molecular flexibility index (Phi) is 4.69. The van der Waals surface area contributed by atoms with Crippen molar-refractivity contribution in [1.82, 2.24) is 0 Å². The van der Waals surface area contributed by atoms with Gasteiger partial charge in [0, 0.05) is 5.69 Å². The van der Waals surface area contributed by atoms with Crippen LogP contribution in [0.5, 0.6) is 5.75 Å². The van der Waals surface area contributed by atoms with Crippen molar-refractivity contribution in [1.29, 1.82) is 0 Å². The van der Waals surface area contributed by atoms with Crippen LogP contribution in [-0.2, 0) is 0 Å². The number of nitrogens with two attached hydrogens (primary N) is 1. The average Bonchev–Trinajstić information content (AvgIpc) is 2.44. The first-order valence-electron chi connectivity index (χ1n) is 6.35. The predicted octanol–water partition coefficient (Wildman–Crippen LogP) is 4.59. The van der Waals surface area contributed by atoms with E-state index in [1.807, 2.05) is 13.0 Å². The van der Waals surface area contributed by atoms with Crippen molar-refractivity contribution in [3.8, 4) is 5.75 Å². The van der Waals surface area contributed by atoms with Crippen LogP contribution in [-0.4, -0.2) is 6.61 Å². The number of benzene rings is 2. The minimum absolute atomic E-state index is 0.0866. The molecule has 0 spiro atoms. The van der Waals surface area contributed by atoms with Crippen LogP contribution in [0, 0.1) is 5.82 Å². The van der Waals surface area contributed by atoms with Gasteiger partial charge in [-0.2, -0.15) is 0 Å². The first-order valence-corrected chi connectivity index (χ1v) is 6.73. The van der Waals surface area contributed by atoms with Gasteiger partial charge in [-0.05, 0) is 36.8 Å². The molecule has 0 aliphatic rings. The molecule has 106 valence electrons. The van der Waals surface area contributed by atoms with Crippen molar-refractivity contribution in [3.05, 3.63) is 47.2 Å². The van der Waals surface area contributed by atoms with Crippen molar-refractivity contribution in [2.45, 2.75) is 13.3 Å². The van der Waals surface area contributed by atoms with E-state index in [0.29, 0.717) is 29.4 Å². The molecule has 0 unspecified atom stereocenters. The number of halogens is 2. The highest BCUT2D eigenvalue weighted by Crippen LogP contribution is 2.32. The lowest BCUT2D eigenvalue weighted by atomic mass is 10.2. The molecule has 0 saturated heterocycles. The molecule has 3 N–H and O–H groups in total. The Morgan fingerprint density at radius 3 is 2.80 bits per heavy atom. The van der Waals surface area contributed by atoms with Crippen LogP contribution in [0.3, 0.4) is 0 Å². The number of rotatable bonds is 5. The van der Waals surface area contributed by atoms with Gasteiger partial charge in [0.25, 0.3) is 0 Å². The summed E-state index contributed by atoms with van der Waals surface area (Å²) >= 11 is 5.65. The van der Waals surface area contributed by atoms with E-state index in [1.165, 1.54) is 12.1 Å². The van der Waals surface area contributed by atoms with E-state index >= 15 is 0 Å². The van der Waals surface area contributed by atoms with Gasteiger partial charge < -0.3 is 15.8 Å². The van der Waals surface area contributed by atoms with E-state index in [9.17, 15) is 4.39 Å². The molecule has 2 aromatic rings. The first-order chi connectivity index (χ1) is 9.61. The third-order valence-corrected chi connectivity index (χ3v) is 3.03. The van der Waals surface area contributed by atoms with E-state index in [4.69, 9.17) is 22.1 Å². The van der Waals surface area contributed by atoms with Gasteiger partial charge in [-0.25, -0.2) is 4.39 Å². The molecule has 0 bridgehead atoms. The molecule has 0 heterocycles. The number of hydrogen-bond donors (Lipinski definition) is 2. The lowest BCUT2D eigenvalue weighted by molar-refractivity contribution is 0.319. The molecule has 0 fully saturated rings. The van der Waals surface area contributed by atoms with Crippen molar-refractivity contribution >= 4 is 28.7 Å². The maximum Gasteiger partial charge on any atom is 0.144 e. The molecule has 0 saturated carbocycles. The fraction of sp³-hybridized carbons (Fsp3) is 0.200. The van der Waals surface area contributed by atoms with Gasteiger partial charge in [-0.3, -0.25) is 0 Å². The van der Waals surface area contributed by atoms with Crippen LogP contribution in [0.15, 0.2) is 36.4 Å². The van der Waals surface area contributed by atoms with Crippen molar-refractivity contribution in [3.63, 3.8) is 0 Å². The summed E-state index contributed by atoms with van der Waals surface area (Å²) in [7, 11) is 0. The normalized spacial score (nSPS) is 10.3. The van der Waals surface area contributed by atoms with E-state index < -0.39 is 5.82 Å². The van der Waals surface area contributed by atoms with Crippen molar-refractivity contribution in [2.75, 3.05) is 17.7 Å². The minimum atomic E-state index is -0.478. The molecule has 0 aliphatic heterocycles. The fourth-order valence-electron chi connectivity index (χ4n) is 1.72. The second-order valence-corrected chi connectivity index (χ2v) is 4.73. The molecule has 20 heavy (non-hydrogen) atoms. The van der Waals surface area contributed by atoms with Crippen LogP contribution in [0.1, 0.15) is 13.3 Å². The van der Waals surface area contributed by atoms with Crippen LogP contribution in [0.25, 0.3) is 0 Å². The summed E-state index contributed by atoms with van der Waals surface area (Å²) in [6.07, 6.45) is 0.902. The number of hydrogen-bond acceptors (Lipinski definition) is 3. The zero-order valence-corrected chi connectivity index (χ0v) is 11.9.